The SMILES string of the molecule is O=C(c1ccccc1-c1nc(-c2ccc(F)cc2)no1)N1CCN(Cc2ccc3c(c2)OCO3)CC1. The highest BCUT2D eigenvalue weighted by molar-refractivity contribution is 6.00. The summed E-state index contributed by atoms with van der Waals surface area (Å²) in [7, 11) is 0. The predicted molar refractivity (Wildman–Crippen MR) is 129 cm³/mol. The third kappa shape index (κ3) is 4.40. The Bertz CT molecular complexity index is 1400. The number of ether oxygens (including phenoxy) is 2. The molecule has 3 aromatic carbocycles. The average Bonchev–Trinajstić information content (AvgIpc) is 3.59. The number of benzene rings is 3. The Morgan fingerprint density at radius 3 is 2.53 bits per heavy atom. The van der Waals surface area contributed by atoms with E-state index in [0.29, 0.717) is 35.6 Å². The maximum absolute atomic E-state index is 13.4. The molecule has 182 valence electrons. The van der Waals surface area contributed by atoms with Crippen molar-refractivity contribution in [3.05, 3.63) is 83.7 Å². The lowest BCUT2D eigenvalue weighted by Gasteiger charge is -2.35. The van der Waals surface area contributed by atoms with Crippen LogP contribution in [0.25, 0.3) is 22.8 Å². The van der Waals surface area contributed by atoms with Gasteiger partial charge in [0.15, 0.2) is 11.5 Å². The van der Waals surface area contributed by atoms with Crippen LogP contribution in [0.4, 0.5) is 4.39 Å². The molecule has 0 N–H and O–H groups in total. The molecule has 9 heteroatoms. The van der Waals surface area contributed by atoms with E-state index < -0.39 is 0 Å². The molecule has 3 heterocycles. The number of nitrogens with zero attached hydrogens (tertiary/aromatic N) is 4. The van der Waals surface area contributed by atoms with Crippen LogP contribution < -0.4 is 9.47 Å². The fourth-order valence-corrected chi connectivity index (χ4v) is 4.48. The summed E-state index contributed by atoms with van der Waals surface area (Å²) in [6.45, 7) is 3.79. The highest BCUT2D eigenvalue weighted by Crippen LogP contribution is 2.33. The van der Waals surface area contributed by atoms with Crippen molar-refractivity contribution in [2.75, 3.05) is 33.0 Å². The molecule has 0 unspecified atom stereocenters. The number of piperazine rings is 1. The zero-order valence-corrected chi connectivity index (χ0v) is 19.4. The molecule has 2 aliphatic rings. The van der Waals surface area contributed by atoms with Crippen LogP contribution in [0.1, 0.15) is 15.9 Å². The largest absolute Gasteiger partial charge is 0.454 e. The summed E-state index contributed by atoms with van der Waals surface area (Å²) in [4.78, 5) is 22.1. The molecule has 4 aromatic rings. The van der Waals surface area contributed by atoms with Crippen molar-refractivity contribution in [3.8, 4) is 34.3 Å². The first-order valence-electron chi connectivity index (χ1n) is 11.7. The zero-order valence-electron chi connectivity index (χ0n) is 19.4. The van der Waals surface area contributed by atoms with Crippen LogP contribution in [0.3, 0.4) is 0 Å². The molecule has 0 saturated carbocycles. The summed E-state index contributed by atoms with van der Waals surface area (Å²) in [6, 6.07) is 19.1. The number of rotatable bonds is 5. The smallest absolute Gasteiger partial charge is 0.259 e. The Hall–Kier alpha value is -4.24. The van der Waals surface area contributed by atoms with Gasteiger partial charge in [0.25, 0.3) is 11.8 Å². The van der Waals surface area contributed by atoms with Gasteiger partial charge in [-0.15, -0.1) is 0 Å². The minimum atomic E-state index is -0.339. The first-order chi connectivity index (χ1) is 17.6. The van der Waals surface area contributed by atoms with Gasteiger partial charge in [-0.1, -0.05) is 23.4 Å². The molecular formula is C27H23FN4O4. The minimum Gasteiger partial charge on any atom is -0.454 e. The summed E-state index contributed by atoms with van der Waals surface area (Å²) < 4.78 is 29.6. The van der Waals surface area contributed by atoms with Crippen molar-refractivity contribution < 1.29 is 23.2 Å². The number of hydrogen-bond donors (Lipinski definition) is 0. The molecule has 36 heavy (non-hydrogen) atoms. The van der Waals surface area contributed by atoms with Crippen LogP contribution in [0.5, 0.6) is 11.5 Å². The fourth-order valence-electron chi connectivity index (χ4n) is 4.48. The molecule has 1 saturated heterocycles. The highest BCUT2D eigenvalue weighted by atomic mass is 19.1. The van der Waals surface area contributed by atoms with Crippen molar-refractivity contribution in [2.24, 2.45) is 0 Å². The molecule has 1 fully saturated rings. The summed E-state index contributed by atoms with van der Waals surface area (Å²) >= 11 is 0. The maximum Gasteiger partial charge on any atom is 0.259 e. The Morgan fingerprint density at radius 1 is 0.917 bits per heavy atom. The van der Waals surface area contributed by atoms with E-state index in [9.17, 15) is 9.18 Å². The van der Waals surface area contributed by atoms with Crippen LogP contribution in [0.15, 0.2) is 71.3 Å². The standard InChI is InChI=1S/C27H23FN4O4/c28-20-8-6-19(7-9-20)25-29-26(36-30-25)21-3-1-2-4-22(21)27(33)32-13-11-31(12-14-32)16-18-5-10-23-24(15-18)35-17-34-23/h1-10,15H,11-14,16-17H2. The van der Waals surface area contributed by atoms with Crippen molar-refractivity contribution in [3.63, 3.8) is 0 Å². The van der Waals surface area contributed by atoms with E-state index >= 15 is 0 Å². The monoisotopic (exact) mass is 486 g/mol. The molecular weight excluding hydrogens is 463 g/mol. The Kier molecular flexibility index (Phi) is 5.82. The predicted octanol–water partition coefficient (Wildman–Crippen LogP) is 4.23. The van der Waals surface area contributed by atoms with E-state index in [0.717, 1.165) is 36.7 Å². The molecule has 0 aliphatic carbocycles. The zero-order chi connectivity index (χ0) is 24.5. The van der Waals surface area contributed by atoms with Gasteiger partial charge in [-0.2, -0.15) is 4.98 Å². The van der Waals surface area contributed by atoms with E-state index in [2.05, 4.69) is 15.0 Å². The van der Waals surface area contributed by atoms with Gasteiger partial charge in [-0.05, 0) is 54.1 Å². The van der Waals surface area contributed by atoms with Gasteiger partial charge >= 0.3 is 0 Å². The first kappa shape index (κ1) is 22.2. The van der Waals surface area contributed by atoms with Crippen molar-refractivity contribution in [2.45, 2.75) is 6.54 Å². The van der Waals surface area contributed by atoms with Crippen LogP contribution in [0.2, 0.25) is 0 Å². The van der Waals surface area contributed by atoms with Crippen LogP contribution in [-0.4, -0.2) is 58.8 Å². The lowest BCUT2D eigenvalue weighted by Crippen LogP contribution is -2.48. The molecule has 1 amide bonds. The third-order valence-electron chi connectivity index (χ3n) is 6.42. The van der Waals surface area contributed by atoms with E-state index in [1.165, 1.54) is 12.1 Å². The summed E-state index contributed by atoms with van der Waals surface area (Å²) in [5, 5.41) is 4.02. The molecule has 2 aliphatic heterocycles. The Morgan fingerprint density at radius 2 is 1.69 bits per heavy atom. The molecule has 0 bridgehead atoms. The second-order valence-electron chi connectivity index (χ2n) is 8.73. The van der Waals surface area contributed by atoms with Gasteiger partial charge in [0.2, 0.25) is 12.6 Å². The minimum absolute atomic E-state index is 0.0742. The van der Waals surface area contributed by atoms with Gasteiger partial charge in [0, 0.05) is 38.3 Å². The van der Waals surface area contributed by atoms with Crippen molar-refractivity contribution >= 4 is 5.91 Å². The normalized spacial score (nSPS) is 15.3. The van der Waals surface area contributed by atoms with Crippen LogP contribution in [0, 0.1) is 5.82 Å². The Balaban J connectivity index is 1.14. The maximum atomic E-state index is 13.4. The number of fused-ring (bicyclic) bond motifs is 1. The van der Waals surface area contributed by atoms with Crippen molar-refractivity contribution in [1.29, 1.82) is 0 Å². The fraction of sp³-hybridized carbons (Fsp3) is 0.222. The van der Waals surface area contributed by atoms with E-state index in [1.54, 1.807) is 24.3 Å². The van der Waals surface area contributed by atoms with E-state index in [4.69, 9.17) is 14.0 Å². The van der Waals surface area contributed by atoms with Crippen LogP contribution >= 0.6 is 0 Å². The average molecular weight is 487 g/mol. The molecule has 0 spiro atoms. The topological polar surface area (TPSA) is 80.9 Å². The van der Waals surface area contributed by atoms with Gasteiger partial charge in [-0.25, -0.2) is 4.39 Å². The number of carbonyl (C=O) groups excluding carboxylic acids is 1. The third-order valence-corrected chi connectivity index (χ3v) is 6.42. The second-order valence-corrected chi connectivity index (χ2v) is 8.73. The van der Waals surface area contributed by atoms with Crippen molar-refractivity contribution in [1.82, 2.24) is 19.9 Å². The summed E-state index contributed by atoms with van der Waals surface area (Å²) in [6.07, 6.45) is 0. The Labute approximate surface area is 206 Å². The van der Waals surface area contributed by atoms with Gasteiger partial charge in [-0.3, -0.25) is 9.69 Å². The van der Waals surface area contributed by atoms with Crippen LogP contribution in [-0.2, 0) is 6.54 Å². The summed E-state index contributed by atoms with van der Waals surface area (Å²) in [5.41, 5.74) is 2.87. The van der Waals surface area contributed by atoms with E-state index in [1.807, 2.05) is 35.2 Å². The highest BCUT2D eigenvalue weighted by Gasteiger charge is 2.26. The van der Waals surface area contributed by atoms with Gasteiger partial charge in [0.1, 0.15) is 5.82 Å². The molecule has 6 rings (SSSR count). The summed E-state index contributed by atoms with van der Waals surface area (Å²) in [5.74, 6) is 1.73. The number of carbonyl (C=O) groups is 1. The number of amides is 1. The molecule has 0 atom stereocenters. The number of halogens is 1. The number of hydrogen-bond acceptors (Lipinski definition) is 7. The molecule has 0 radical (unpaired) electrons. The lowest BCUT2D eigenvalue weighted by atomic mass is 10.1. The van der Waals surface area contributed by atoms with E-state index in [-0.39, 0.29) is 24.4 Å². The number of aromatic nitrogens is 2. The second kappa shape index (κ2) is 9.43. The van der Waals surface area contributed by atoms with Gasteiger partial charge < -0.3 is 18.9 Å². The molecule has 1 aromatic heterocycles. The quantitative estimate of drug-likeness (QED) is 0.418. The first-order valence-corrected chi connectivity index (χ1v) is 11.7. The molecule has 8 nitrogen and oxygen atoms in total. The van der Waals surface area contributed by atoms with Gasteiger partial charge in [0.05, 0.1) is 11.1 Å². The lowest BCUT2D eigenvalue weighted by molar-refractivity contribution is 0.0629.